The molecule has 1 aromatic rings. The third kappa shape index (κ3) is 2.76. The molecule has 0 saturated heterocycles. The Labute approximate surface area is 110 Å². The zero-order valence-corrected chi connectivity index (χ0v) is 11.1. The van der Waals surface area contributed by atoms with Gasteiger partial charge in [-0.1, -0.05) is 30.3 Å². The molecular weight excluding hydrogens is 222 g/mol. The number of rotatable bonds is 6. The van der Waals surface area contributed by atoms with Crippen LogP contribution in [0.4, 0.5) is 0 Å². The molecule has 1 aromatic carbocycles. The van der Waals surface area contributed by atoms with Crippen LogP contribution in [0.5, 0.6) is 0 Å². The van der Waals surface area contributed by atoms with Gasteiger partial charge in [-0.15, -0.1) is 0 Å². The summed E-state index contributed by atoms with van der Waals surface area (Å²) >= 11 is 0. The molecule has 2 nitrogen and oxygen atoms in total. The standard InChI is InChI=1S/C16H23NO/c1-2-18-15-10-14(11-15)17-16(13-8-9-13)12-6-4-3-5-7-12/h3-7,13-17H,2,8-11H2,1H3. The van der Waals surface area contributed by atoms with Gasteiger partial charge in [0.2, 0.25) is 0 Å². The Morgan fingerprint density at radius 2 is 1.94 bits per heavy atom. The van der Waals surface area contributed by atoms with Gasteiger partial charge in [-0.2, -0.15) is 0 Å². The van der Waals surface area contributed by atoms with Crippen molar-refractivity contribution in [1.29, 1.82) is 0 Å². The van der Waals surface area contributed by atoms with E-state index in [-0.39, 0.29) is 0 Å². The molecule has 0 spiro atoms. The highest BCUT2D eigenvalue weighted by atomic mass is 16.5. The van der Waals surface area contributed by atoms with Gasteiger partial charge < -0.3 is 10.1 Å². The van der Waals surface area contributed by atoms with Crippen LogP contribution >= 0.6 is 0 Å². The second-order valence-electron chi connectivity index (χ2n) is 5.64. The maximum absolute atomic E-state index is 5.63. The Balaban J connectivity index is 1.56. The molecule has 1 atom stereocenters. The number of hydrogen-bond acceptors (Lipinski definition) is 2. The van der Waals surface area contributed by atoms with E-state index >= 15 is 0 Å². The van der Waals surface area contributed by atoms with Crippen molar-refractivity contribution in [3.8, 4) is 0 Å². The molecule has 0 aromatic heterocycles. The van der Waals surface area contributed by atoms with Gasteiger partial charge in [0.25, 0.3) is 0 Å². The second kappa shape index (κ2) is 5.41. The molecule has 2 aliphatic rings. The Morgan fingerprint density at radius 3 is 2.56 bits per heavy atom. The summed E-state index contributed by atoms with van der Waals surface area (Å²) in [5.41, 5.74) is 1.46. The average Bonchev–Trinajstić information content (AvgIpc) is 3.17. The first-order valence-corrected chi connectivity index (χ1v) is 7.29. The normalized spacial score (nSPS) is 28.7. The molecule has 0 amide bonds. The molecule has 0 radical (unpaired) electrons. The summed E-state index contributed by atoms with van der Waals surface area (Å²) < 4.78 is 5.63. The van der Waals surface area contributed by atoms with E-state index in [2.05, 4.69) is 42.6 Å². The fourth-order valence-corrected chi connectivity index (χ4v) is 2.92. The molecule has 2 aliphatic carbocycles. The van der Waals surface area contributed by atoms with E-state index in [1.54, 1.807) is 0 Å². The minimum Gasteiger partial charge on any atom is -0.378 e. The SMILES string of the molecule is CCOC1CC(NC(c2ccccc2)C2CC2)C1. The lowest BCUT2D eigenvalue weighted by Gasteiger charge is -2.38. The highest BCUT2D eigenvalue weighted by Gasteiger charge is 2.37. The van der Waals surface area contributed by atoms with Gasteiger partial charge >= 0.3 is 0 Å². The van der Waals surface area contributed by atoms with E-state index < -0.39 is 0 Å². The highest BCUT2D eigenvalue weighted by Crippen LogP contribution is 2.42. The summed E-state index contributed by atoms with van der Waals surface area (Å²) in [6.07, 6.45) is 5.64. The van der Waals surface area contributed by atoms with Crippen molar-refractivity contribution in [2.45, 2.75) is 50.8 Å². The quantitative estimate of drug-likeness (QED) is 0.830. The minimum absolute atomic E-state index is 0.503. The molecule has 98 valence electrons. The summed E-state index contributed by atoms with van der Waals surface area (Å²) in [4.78, 5) is 0. The zero-order chi connectivity index (χ0) is 12.4. The molecule has 0 heterocycles. The predicted molar refractivity (Wildman–Crippen MR) is 73.5 cm³/mol. The van der Waals surface area contributed by atoms with Crippen molar-refractivity contribution in [3.05, 3.63) is 35.9 Å². The van der Waals surface area contributed by atoms with Gasteiger partial charge in [0.1, 0.15) is 0 Å². The Hall–Kier alpha value is -0.860. The second-order valence-corrected chi connectivity index (χ2v) is 5.64. The smallest absolute Gasteiger partial charge is 0.0604 e. The number of ether oxygens (including phenoxy) is 1. The molecule has 3 rings (SSSR count). The van der Waals surface area contributed by atoms with Crippen LogP contribution in [0.15, 0.2) is 30.3 Å². The van der Waals surface area contributed by atoms with E-state index in [0.29, 0.717) is 18.2 Å². The van der Waals surface area contributed by atoms with E-state index in [1.807, 2.05) is 0 Å². The van der Waals surface area contributed by atoms with Gasteiger partial charge in [0, 0.05) is 18.7 Å². The molecule has 18 heavy (non-hydrogen) atoms. The van der Waals surface area contributed by atoms with Gasteiger partial charge in [-0.05, 0) is 44.1 Å². The first kappa shape index (κ1) is 12.2. The van der Waals surface area contributed by atoms with Crippen LogP contribution in [0.3, 0.4) is 0 Å². The van der Waals surface area contributed by atoms with Gasteiger partial charge in [-0.3, -0.25) is 0 Å². The van der Waals surface area contributed by atoms with E-state index in [9.17, 15) is 0 Å². The summed E-state index contributed by atoms with van der Waals surface area (Å²) in [6.45, 7) is 2.93. The van der Waals surface area contributed by atoms with Crippen molar-refractivity contribution in [1.82, 2.24) is 5.32 Å². The van der Waals surface area contributed by atoms with Crippen LogP contribution < -0.4 is 5.32 Å². The van der Waals surface area contributed by atoms with Crippen molar-refractivity contribution < 1.29 is 4.74 Å². The molecule has 0 bridgehead atoms. The first-order valence-electron chi connectivity index (χ1n) is 7.29. The average molecular weight is 245 g/mol. The Bertz CT molecular complexity index is 368. The number of hydrogen-bond donors (Lipinski definition) is 1. The van der Waals surface area contributed by atoms with E-state index in [4.69, 9.17) is 4.74 Å². The lowest BCUT2D eigenvalue weighted by molar-refractivity contribution is -0.0131. The maximum Gasteiger partial charge on any atom is 0.0604 e. The fraction of sp³-hybridized carbons (Fsp3) is 0.625. The van der Waals surface area contributed by atoms with Gasteiger partial charge in [0.15, 0.2) is 0 Å². The molecule has 1 unspecified atom stereocenters. The van der Waals surface area contributed by atoms with Crippen molar-refractivity contribution in [3.63, 3.8) is 0 Å². The van der Waals surface area contributed by atoms with Gasteiger partial charge in [-0.25, -0.2) is 0 Å². The third-order valence-corrected chi connectivity index (χ3v) is 4.16. The summed E-state index contributed by atoms with van der Waals surface area (Å²) in [5, 5.41) is 3.84. The van der Waals surface area contributed by atoms with Crippen molar-refractivity contribution in [2.24, 2.45) is 5.92 Å². The fourth-order valence-electron chi connectivity index (χ4n) is 2.92. The Kier molecular flexibility index (Phi) is 3.67. The third-order valence-electron chi connectivity index (χ3n) is 4.16. The van der Waals surface area contributed by atoms with Crippen LogP contribution in [0.2, 0.25) is 0 Å². The van der Waals surface area contributed by atoms with Crippen LogP contribution in [0, 0.1) is 5.92 Å². The maximum atomic E-state index is 5.63. The van der Waals surface area contributed by atoms with E-state index in [0.717, 1.165) is 12.5 Å². The molecule has 2 saturated carbocycles. The zero-order valence-electron chi connectivity index (χ0n) is 11.1. The molecular formula is C16H23NO. The van der Waals surface area contributed by atoms with Crippen LogP contribution in [-0.2, 0) is 4.74 Å². The van der Waals surface area contributed by atoms with Crippen LogP contribution in [0.25, 0.3) is 0 Å². The number of benzene rings is 1. The van der Waals surface area contributed by atoms with Crippen LogP contribution in [-0.4, -0.2) is 18.8 Å². The minimum atomic E-state index is 0.503. The monoisotopic (exact) mass is 245 g/mol. The number of nitrogens with one attached hydrogen (secondary N) is 1. The Morgan fingerprint density at radius 1 is 1.22 bits per heavy atom. The topological polar surface area (TPSA) is 21.3 Å². The molecule has 0 aliphatic heterocycles. The first-order chi connectivity index (χ1) is 8.86. The summed E-state index contributed by atoms with van der Waals surface area (Å²) in [6, 6.07) is 12.1. The lowest BCUT2D eigenvalue weighted by atomic mass is 9.87. The molecule has 2 fully saturated rings. The molecule has 2 heteroatoms. The predicted octanol–water partition coefficient (Wildman–Crippen LogP) is 3.29. The highest BCUT2D eigenvalue weighted by molar-refractivity contribution is 5.21. The van der Waals surface area contributed by atoms with Crippen LogP contribution in [0.1, 0.15) is 44.2 Å². The molecule has 1 N–H and O–H groups in total. The summed E-state index contributed by atoms with van der Waals surface area (Å²) in [7, 11) is 0. The van der Waals surface area contributed by atoms with E-state index in [1.165, 1.54) is 31.2 Å². The van der Waals surface area contributed by atoms with Crippen molar-refractivity contribution in [2.75, 3.05) is 6.61 Å². The van der Waals surface area contributed by atoms with Gasteiger partial charge in [0.05, 0.1) is 6.10 Å². The summed E-state index contributed by atoms with van der Waals surface area (Å²) in [5.74, 6) is 0.860. The van der Waals surface area contributed by atoms with Crippen molar-refractivity contribution >= 4 is 0 Å². The largest absolute Gasteiger partial charge is 0.378 e. The lowest BCUT2D eigenvalue weighted by Crippen LogP contribution is -2.47.